The smallest absolute Gasteiger partial charge is 0.338 e. The molecule has 5 nitrogen and oxygen atoms in total. The van der Waals surface area contributed by atoms with Crippen molar-refractivity contribution in [3.8, 4) is 0 Å². The maximum atomic E-state index is 12.0. The van der Waals surface area contributed by atoms with Gasteiger partial charge in [-0.15, -0.1) is 0 Å². The lowest BCUT2D eigenvalue weighted by Gasteiger charge is -2.36. The number of pyridine rings is 1. The lowest BCUT2D eigenvalue weighted by molar-refractivity contribution is -0.138. The lowest BCUT2D eigenvalue weighted by atomic mass is 9.72. The molecule has 1 aromatic heterocycles. The second kappa shape index (κ2) is 15.7. The normalized spacial score (nSPS) is 17.5. The molecule has 2 unspecified atom stereocenters. The van der Waals surface area contributed by atoms with Crippen LogP contribution >= 0.6 is 0 Å². The molecule has 2 rings (SSSR count). The SMILES string of the molecule is C=C/C=C(\C=C/CC(O)c1c(C(C)C)nc2c(c1C)C(O)CC(C)(C)C2)C(=O)OCC.CC.CC. The lowest BCUT2D eigenvalue weighted by Crippen LogP contribution is -2.29. The van der Waals surface area contributed by atoms with Gasteiger partial charge in [-0.05, 0) is 56.1 Å². The molecule has 0 radical (unpaired) electrons. The molecule has 0 bridgehead atoms. The summed E-state index contributed by atoms with van der Waals surface area (Å²) in [5.41, 5.74) is 4.74. The third-order valence-corrected chi connectivity index (χ3v) is 5.72. The summed E-state index contributed by atoms with van der Waals surface area (Å²) in [7, 11) is 0. The van der Waals surface area contributed by atoms with Crippen molar-refractivity contribution < 1.29 is 19.7 Å². The number of hydrogen-bond acceptors (Lipinski definition) is 5. The van der Waals surface area contributed by atoms with Gasteiger partial charge in [0.25, 0.3) is 0 Å². The predicted octanol–water partition coefficient (Wildman–Crippen LogP) is 7.23. The van der Waals surface area contributed by atoms with Crippen molar-refractivity contribution >= 4 is 5.97 Å². The number of aliphatic hydroxyl groups is 2. The second-order valence-corrected chi connectivity index (χ2v) is 9.34. The number of carbonyl (C=O) groups is 1. The predicted molar refractivity (Wildman–Crippen MR) is 146 cm³/mol. The van der Waals surface area contributed by atoms with E-state index in [4.69, 9.17) is 9.72 Å². The summed E-state index contributed by atoms with van der Waals surface area (Å²) in [6, 6.07) is 0. The standard InChI is InChI=1S/C26H37NO4.2C2H6/c1-8-11-18(25(30)31-9-2)12-10-13-20(28)23-17(5)22-19(27-24(23)16(3)4)14-26(6,7)15-21(22)29;2*1-2/h8,10-12,16,20-21,28-29H,1,9,13-15H2,2-7H3;2*1-2H3/b12-10-,18-11+;;. The number of nitrogens with zero attached hydrogens (tertiary/aromatic N) is 1. The number of hydrogen-bond donors (Lipinski definition) is 2. The van der Waals surface area contributed by atoms with Crippen molar-refractivity contribution in [2.75, 3.05) is 6.61 Å². The molecule has 1 heterocycles. The Hall–Kier alpha value is -2.24. The van der Waals surface area contributed by atoms with Crippen molar-refractivity contribution in [3.05, 3.63) is 64.5 Å². The van der Waals surface area contributed by atoms with Crippen LogP contribution in [0.3, 0.4) is 0 Å². The second-order valence-electron chi connectivity index (χ2n) is 9.34. The van der Waals surface area contributed by atoms with Crippen LogP contribution < -0.4 is 0 Å². The quantitative estimate of drug-likeness (QED) is 0.230. The number of esters is 1. The summed E-state index contributed by atoms with van der Waals surface area (Å²) in [6.07, 6.45) is 6.96. The first kappa shape index (κ1) is 32.8. The van der Waals surface area contributed by atoms with Crippen LogP contribution in [0.25, 0.3) is 0 Å². The van der Waals surface area contributed by atoms with Crippen molar-refractivity contribution in [2.24, 2.45) is 5.41 Å². The van der Waals surface area contributed by atoms with Gasteiger partial charge in [0.2, 0.25) is 0 Å². The molecule has 2 N–H and O–H groups in total. The monoisotopic (exact) mass is 487 g/mol. The van der Waals surface area contributed by atoms with Crippen LogP contribution in [0.1, 0.15) is 121 Å². The molecule has 0 aliphatic heterocycles. The molecular weight excluding hydrogens is 438 g/mol. The molecule has 1 aliphatic carbocycles. The number of carbonyl (C=O) groups excluding carboxylic acids is 1. The highest BCUT2D eigenvalue weighted by molar-refractivity contribution is 5.91. The molecule has 0 fully saturated rings. The highest BCUT2D eigenvalue weighted by Gasteiger charge is 2.35. The van der Waals surface area contributed by atoms with E-state index in [0.717, 1.165) is 34.5 Å². The molecule has 2 atom stereocenters. The average molecular weight is 488 g/mol. The van der Waals surface area contributed by atoms with E-state index in [1.165, 1.54) is 6.08 Å². The number of ether oxygens (including phenoxy) is 1. The maximum absolute atomic E-state index is 12.0. The van der Waals surface area contributed by atoms with Gasteiger partial charge in [-0.1, -0.05) is 80.2 Å². The van der Waals surface area contributed by atoms with Gasteiger partial charge < -0.3 is 14.9 Å². The summed E-state index contributed by atoms with van der Waals surface area (Å²) in [5, 5.41) is 21.9. The fraction of sp³-hybridized carbons (Fsp3) is 0.600. The van der Waals surface area contributed by atoms with Crippen molar-refractivity contribution in [1.29, 1.82) is 0 Å². The molecular formula is C30H49NO4. The summed E-state index contributed by atoms with van der Waals surface area (Å²) in [5.74, 6) is -0.288. The zero-order chi connectivity index (χ0) is 27.3. The van der Waals surface area contributed by atoms with Crippen LogP contribution in [0.15, 0.2) is 36.5 Å². The van der Waals surface area contributed by atoms with E-state index in [2.05, 4.69) is 34.3 Å². The Morgan fingerprint density at radius 1 is 1.26 bits per heavy atom. The van der Waals surface area contributed by atoms with E-state index < -0.39 is 18.2 Å². The van der Waals surface area contributed by atoms with E-state index in [9.17, 15) is 15.0 Å². The van der Waals surface area contributed by atoms with Gasteiger partial charge in [-0.25, -0.2) is 4.79 Å². The molecule has 5 heteroatoms. The Morgan fingerprint density at radius 2 is 1.86 bits per heavy atom. The minimum atomic E-state index is -0.791. The zero-order valence-corrected chi connectivity index (χ0v) is 23.7. The first-order valence-electron chi connectivity index (χ1n) is 13.1. The summed E-state index contributed by atoms with van der Waals surface area (Å²) >= 11 is 0. The molecule has 0 amide bonds. The van der Waals surface area contributed by atoms with Gasteiger partial charge in [-0.3, -0.25) is 4.98 Å². The van der Waals surface area contributed by atoms with Gasteiger partial charge in [0.1, 0.15) is 0 Å². The van der Waals surface area contributed by atoms with Crippen LogP contribution in [0, 0.1) is 12.3 Å². The Bertz CT molecular complexity index is 881. The molecule has 35 heavy (non-hydrogen) atoms. The van der Waals surface area contributed by atoms with Crippen LogP contribution in [-0.2, 0) is 16.0 Å². The topological polar surface area (TPSA) is 79.7 Å². The van der Waals surface area contributed by atoms with Crippen LogP contribution in [0.4, 0.5) is 0 Å². The van der Waals surface area contributed by atoms with Gasteiger partial charge >= 0.3 is 5.97 Å². The Balaban J connectivity index is 0.00000274. The van der Waals surface area contributed by atoms with Crippen LogP contribution in [0.5, 0.6) is 0 Å². The highest BCUT2D eigenvalue weighted by atomic mass is 16.5. The van der Waals surface area contributed by atoms with Crippen LogP contribution in [0.2, 0.25) is 0 Å². The fourth-order valence-electron chi connectivity index (χ4n) is 4.38. The van der Waals surface area contributed by atoms with E-state index in [0.29, 0.717) is 25.0 Å². The molecule has 0 saturated carbocycles. The number of allylic oxidation sites excluding steroid dienone is 2. The summed E-state index contributed by atoms with van der Waals surface area (Å²) in [6.45, 7) is 24.1. The van der Waals surface area contributed by atoms with Gasteiger partial charge in [0.05, 0.1) is 24.4 Å². The van der Waals surface area contributed by atoms with Crippen molar-refractivity contribution in [1.82, 2.24) is 4.98 Å². The van der Waals surface area contributed by atoms with Gasteiger partial charge in [0.15, 0.2) is 0 Å². The van der Waals surface area contributed by atoms with Crippen LogP contribution in [-0.4, -0.2) is 27.8 Å². The molecule has 0 spiro atoms. The number of rotatable bonds is 8. The van der Waals surface area contributed by atoms with Gasteiger partial charge in [0, 0.05) is 22.5 Å². The Kier molecular flexibility index (Phi) is 14.7. The van der Waals surface area contributed by atoms with Crippen molar-refractivity contribution in [2.45, 2.75) is 107 Å². The highest BCUT2D eigenvalue weighted by Crippen LogP contribution is 2.44. The fourth-order valence-corrected chi connectivity index (χ4v) is 4.38. The largest absolute Gasteiger partial charge is 0.462 e. The maximum Gasteiger partial charge on any atom is 0.338 e. The zero-order valence-electron chi connectivity index (χ0n) is 23.7. The summed E-state index contributed by atoms with van der Waals surface area (Å²) in [4.78, 5) is 17.0. The molecule has 1 aliphatic rings. The minimum absolute atomic E-state index is 0.00996. The first-order valence-corrected chi connectivity index (χ1v) is 13.1. The molecule has 0 aromatic carbocycles. The number of aliphatic hydroxyl groups excluding tert-OH is 2. The van der Waals surface area contributed by atoms with Crippen molar-refractivity contribution in [3.63, 3.8) is 0 Å². The minimum Gasteiger partial charge on any atom is -0.462 e. The average Bonchev–Trinajstić information content (AvgIpc) is 2.79. The summed E-state index contributed by atoms with van der Waals surface area (Å²) < 4.78 is 5.05. The van der Waals surface area contributed by atoms with E-state index in [-0.39, 0.29) is 11.3 Å². The number of aromatic nitrogens is 1. The first-order chi connectivity index (χ1) is 16.5. The Labute approximate surface area is 214 Å². The van der Waals surface area contributed by atoms with E-state index in [1.54, 1.807) is 25.2 Å². The van der Waals surface area contributed by atoms with E-state index >= 15 is 0 Å². The molecule has 198 valence electrons. The van der Waals surface area contributed by atoms with E-state index in [1.807, 2.05) is 34.6 Å². The Morgan fingerprint density at radius 3 is 2.37 bits per heavy atom. The molecule has 1 aromatic rings. The van der Waals surface area contributed by atoms with Gasteiger partial charge in [-0.2, -0.15) is 0 Å². The molecule has 0 saturated heterocycles. The number of fused-ring (bicyclic) bond motifs is 1. The third kappa shape index (κ3) is 9.05. The third-order valence-electron chi connectivity index (χ3n) is 5.72.